The van der Waals surface area contributed by atoms with Gasteiger partial charge in [-0.2, -0.15) is 5.10 Å². The molecule has 0 bridgehead atoms. The van der Waals surface area contributed by atoms with Crippen molar-refractivity contribution in [1.29, 1.82) is 0 Å². The Morgan fingerprint density at radius 2 is 1.70 bits per heavy atom. The normalized spacial score (nSPS) is 16.9. The van der Waals surface area contributed by atoms with Crippen LogP contribution in [-0.4, -0.2) is 33.2 Å². The van der Waals surface area contributed by atoms with Crippen LogP contribution in [-0.2, 0) is 6.54 Å². The number of carbonyl (C=O) groups excluding carboxylic acids is 2. The van der Waals surface area contributed by atoms with E-state index >= 15 is 0 Å². The minimum absolute atomic E-state index is 0.0332. The van der Waals surface area contributed by atoms with E-state index in [0.717, 1.165) is 18.2 Å². The third-order valence-corrected chi connectivity index (χ3v) is 4.60. The summed E-state index contributed by atoms with van der Waals surface area (Å²) < 4.78 is 29.0. The van der Waals surface area contributed by atoms with E-state index in [1.54, 1.807) is 4.68 Å². The van der Waals surface area contributed by atoms with Gasteiger partial charge in [-0.1, -0.05) is 20.8 Å². The zero-order chi connectivity index (χ0) is 20.1. The third-order valence-electron chi connectivity index (χ3n) is 4.60. The smallest absolute Gasteiger partial charge is 0.315 e. The number of aromatic nitrogens is 2. The lowest BCUT2D eigenvalue weighted by atomic mass is 9.81. The summed E-state index contributed by atoms with van der Waals surface area (Å²) in [6.07, 6.45) is 0. The highest BCUT2D eigenvalue weighted by Crippen LogP contribution is 2.43. The number of urea groups is 1. The second-order valence-corrected chi connectivity index (χ2v) is 7.65. The number of hydrogen-bond acceptors (Lipinski definition) is 3. The Kier molecular flexibility index (Phi) is 4.41. The van der Waals surface area contributed by atoms with Gasteiger partial charge in [-0.05, 0) is 17.5 Å². The first-order valence-electron chi connectivity index (χ1n) is 8.43. The summed E-state index contributed by atoms with van der Waals surface area (Å²) in [5.41, 5.74) is 11.3. The fourth-order valence-corrected chi connectivity index (χ4v) is 3.65. The molecule has 3 rings (SSSR count). The highest BCUT2D eigenvalue weighted by atomic mass is 19.1. The maximum atomic E-state index is 13.7. The molecule has 0 saturated carbocycles. The summed E-state index contributed by atoms with van der Waals surface area (Å²) in [5, 5.41) is 4.39. The van der Waals surface area contributed by atoms with Crippen LogP contribution in [0.4, 0.5) is 13.6 Å². The lowest BCUT2D eigenvalue weighted by molar-refractivity contribution is 0.0899. The minimum atomic E-state index is -0.795. The van der Waals surface area contributed by atoms with Crippen molar-refractivity contribution in [2.75, 3.05) is 6.54 Å². The second-order valence-electron chi connectivity index (χ2n) is 7.65. The Morgan fingerprint density at radius 1 is 1.11 bits per heavy atom. The molecule has 1 unspecified atom stereocenters. The topological polar surface area (TPSA) is 107 Å². The maximum Gasteiger partial charge on any atom is 0.315 e. The molecule has 2 aromatic rings. The molecule has 2 heterocycles. The van der Waals surface area contributed by atoms with Crippen LogP contribution in [0.5, 0.6) is 0 Å². The minimum Gasteiger partial charge on any atom is -0.365 e. The molecule has 27 heavy (non-hydrogen) atoms. The molecule has 0 fully saturated rings. The Labute approximate surface area is 154 Å². The Balaban J connectivity index is 2.30. The molecule has 0 aliphatic carbocycles. The number of nitrogens with two attached hydrogens (primary N) is 2. The van der Waals surface area contributed by atoms with Crippen LogP contribution in [0.15, 0.2) is 18.2 Å². The number of hydrogen-bond donors (Lipinski definition) is 2. The zero-order valence-electron chi connectivity index (χ0n) is 15.3. The van der Waals surface area contributed by atoms with Crippen molar-refractivity contribution in [2.45, 2.75) is 33.4 Å². The Bertz CT molecular complexity index is 912. The number of nitrogens with zero attached hydrogens (tertiary/aromatic N) is 3. The molecule has 3 amide bonds. The molecule has 0 radical (unpaired) electrons. The first kappa shape index (κ1) is 18.8. The van der Waals surface area contributed by atoms with E-state index in [0.29, 0.717) is 12.2 Å². The second kappa shape index (κ2) is 6.33. The van der Waals surface area contributed by atoms with Gasteiger partial charge in [0.25, 0.3) is 5.91 Å². The molecule has 9 heteroatoms. The monoisotopic (exact) mass is 377 g/mol. The maximum absolute atomic E-state index is 13.7. The predicted molar refractivity (Wildman–Crippen MR) is 94.6 cm³/mol. The molecule has 0 spiro atoms. The van der Waals surface area contributed by atoms with Crippen molar-refractivity contribution in [3.63, 3.8) is 0 Å². The third kappa shape index (κ3) is 3.24. The van der Waals surface area contributed by atoms with E-state index < -0.39 is 35.0 Å². The number of benzene rings is 1. The largest absolute Gasteiger partial charge is 0.365 e. The lowest BCUT2D eigenvalue weighted by Gasteiger charge is -2.42. The predicted octanol–water partition coefficient (Wildman–Crippen LogP) is 2.41. The first-order valence-corrected chi connectivity index (χ1v) is 8.43. The Hall–Kier alpha value is -2.97. The molecule has 1 aromatic carbocycles. The SMILES string of the molecule is CC(C)(C)C1c2c(C(N)=O)c(-c3cc(F)cc(F)c3)nn2CCN1C(N)=O. The van der Waals surface area contributed by atoms with Gasteiger partial charge in [0.15, 0.2) is 0 Å². The fourth-order valence-electron chi connectivity index (χ4n) is 3.65. The van der Waals surface area contributed by atoms with Crippen molar-refractivity contribution in [3.8, 4) is 11.3 Å². The van der Waals surface area contributed by atoms with Crippen LogP contribution in [0.3, 0.4) is 0 Å². The van der Waals surface area contributed by atoms with Gasteiger partial charge in [-0.3, -0.25) is 9.48 Å². The van der Waals surface area contributed by atoms with Crippen molar-refractivity contribution in [2.24, 2.45) is 16.9 Å². The van der Waals surface area contributed by atoms with Crippen LogP contribution in [0.2, 0.25) is 0 Å². The van der Waals surface area contributed by atoms with Gasteiger partial charge in [-0.15, -0.1) is 0 Å². The lowest BCUT2D eigenvalue weighted by Crippen LogP contribution is -2.49. The number of carbonyl (C=O) groups is 2. The molecular formula is C18H21F2N5O2. The molecule has 0 saturated heterocycles. The van der Waals surface area contributed by atoms with E-state index in [9.17, 15) is 18.4 Å². The molecule has 1 aliphatic heterocycles. The van der Waals surface area contributed by atoms with Crippen molar-refractivity contribution < 1.29 is 18.4 Å². The van der Waals surface area contributed by atoms with E-state index in [1.165, 1.54) is 4.90 Å². The van der Waals surface area contributed by atoms with E-state index in [-0.39, 0.29) is 23.4 Å². The van der Waals surface area contributed by atoms with Gasteiger partial charge in [0, 0.05) is 18.2 Å². The van der Waals surface area contributed by atoms with Crippen molar-refractivity contribution >= 4 is 11.9 Å². The van der Waals surface area contributed by atoms with Crippen LogP contribution in [0.1, 0.15) is 42.9 Å². The van der Waals surface area contributed by atoms with E-state index in [4.69, 9.17) is 11.5 Å². The summed E-state index contributed by atoms with van der Waals surface area (Å²) in [6.45, 7) is 6.25. The number of halogens is 2. The van der Waals surface area contributed by atoms with Gasteiger partial charge in [-0.25, -0.2) is 13.6 Å². The summed E-state index contributed by atoms with van der Waals surface area (Å²) >= 11 is 0. The zero-order valence-corrected chi connectivity index (χ0v) is 15.3. The van der Waals surface area contributed by atoms with Gasteiger partial charge in [0.05, 0.1) is 23.8 Å². The highest BCUT2D eigenvalue weighted by Gasteiger charge is 2.42. The number of primary amides is 2. The molecule has 4 N–H and O–H groups in total. The van der Waals surface area contributed by atoms with Crippen molar-refractivity contribution in [3.05, 3.63) is 41.1 Å². The summed E-state index contributed by atoms with van der Waals surface area (Å²) in [5.74, 6) is -2.38. The van der Waals surface area contributed by atoms with E-state index in [1.807, 2.05) is 20.8 Å². The molecular weight excluding hydrogens is 356 g/mol. The van der Waals surface area contributed by atoms with Gasteiger partial charge < -0.3 is 16.4 Å². The Morgan fingerprint density at radius 3 is 2.19 bits per heavy atom. The highest BCUT2D eigenvalue weighted by molar-refractivity contribution is 6.00. The van der Waals surface area contributed by atoms with E-state index in [2.05, 4.69) is 5.10 Å². The quantitative estimate of drug-likeness (QED) is 0.839. The number of fused-ring (bicyclic) bond motifs is 1. The summed E-state index contributed by atoms with van der Waals surface area (Å²) in [4.78, 5) is 25.7. The number of amides is 3. The molecule has 1 atom stereocenters. The number of rotatable bonds is 2. The molecule has 144 valence electrons. The van der Waals surface area contributed by atoms with Crippen LogP contribution < -0.4 is 11.5 Å². The fraction of sp³-hybridized carbons (Fsp3) is 0.389. The first-order chi connectivity index (χ1) is 12.5. The van der Waals surface area contributed by atoms with Gasteiger partial charge in [0.1, 0.15) is 17.3 Å². The molecule has 1 aliphatic rings. The summed E-state index contributed by atoms with van der Waals surface area (Å²) in [6, 6.07) is 1.70. The van der Waals surface area contributed by atoms with Gasteiger partial charge >= 0.3 is 6.03 Å². The average Bonchev–Trinajstić information content (AvgIpc) is 2.91. The molecule has 1 aromatic heterocycles. The summed E-state index contributed by atoms with van der Waals surface area (Å²) in [7, 11) is 0. The van der Waals surface area contributed by atoms with Crippen LogP contribution in [0, 0.1) is 17.0 Å². The average molecular weight is 377 g/mol. The van der Waals surface area contributed by atoms with Crippen LogP contribution in [0.25, 0.3) is 11.3 Å². The van der Waals surface area contributed by atoms with Crippen molar-refractivity contribution in [1.82, 2.24) is 14.7 Å². The van der Waals surface area contributed by atoms with Crippen LogP contribution >= 0.6 is 0 Å². The molecule has 7 nitrogen and oxygen atoms in total. The van der Waals surface area contributed by atoms with Gasteiger partial charge in [0.2, 0.25) is 0 Å². The standard InChI is InChI=1S/C18H21F2N5O2/c1-18(2,3)15-14-12(16(21)26)13(9-6-10(19)8-11(20)7-9)23-25(14)5-4-24(15)17(22)27/h6-8,15H,4-5H2,1-3H3,(H2,21,26)(H2,22,27).